The number of amides is 1. The van der Waals surface area contributed by atoms with Gasteiger partial charge in [-0.1, -0.05) is 30.3 Å². The summed E-state index contributed by atoms with van der Waals surface area (Å²) in [6.45, 7) is 2.74. The minimum atomic E-state index is -1.34. The smallest absolute Gasteiger partial charge is 0.338 e. The molecular weight excluding hydrogens is 384 g/mol. The van der Waals surface area contributed by atoms with Crippen LogP contribution in [0.3, 0.4) is 0 Å². The van der Waals surface area contributed by atoms with Crippen molar-refractivity contribution in [3.8, 4) is 0 Å². The third-order valence-corrected chi connectivity index (χ3v) is 6.75. The van der Waals surface area contributed by atoms with E-state index in [1.807, 2.05) is 40.1 Å². The highest BCUT2D eigenvalue weighted by Crippen LogP contribution is 2.51. The van der Waals surface area contributed by atoms with E-state index < -0.39 is 12.1 Å². The number of ether oxygens (including phenoxy) is 2. The summed E-state index contributed by atoms with van der Waals surface area (Å²) in [6, 6.07) is 9.81. The number of piperazine rings is 1. The van der Waals surface area contributed by atoms with Crippen LogP contribution in [0.4, 0.5) is 0 Å². The van der Waals surface area contributed by atoms with Crippen molar-refractivity contribution in [2.24, 2.45) is 0 Å². The van der Waals surface area contributed by atoms with Crippen LogP contribution in [-0.4, -0.2) is 57.6 Å². The van der Waals surface area contributed by atoms with E-state index in [0.717, 1.165) is 31.2 Å². The molecule has 7 heteroatoms. The molecule has 3 saturated heterocycles. The minimum Gasteiger partial charge on any atom is -0.488 e. The molecule has 3 fully saturated rings. The van der Waals surface area contributed by atoms with Crippen molar-refractivity contribution in [3.05, 3.63) is 59.1 Å². The van der Waals surface area contributed by atoms with E-state index in [0.29, 0.717) is 12.2 Å². The van der Waals surface area contributed by atoms with Gasteiger partial charge in [-0.2, -0.15) is 0 Å². The number of hydrogen-bond acceptors (Lipinski definition) is 6. The van der Waals surface area contributed by atoms with Gasteiger partial charge in [-0.25, -0.2) is 4.79 Å². The first-order chi connectivity index (χ1) is 14.5. The topological polar surface area (TPSA) is 79.3 Å². The van der Waals surface area contributed by atoms with Gasteiger partial charge in [0.15, 0.2) is 5.76 Å². The van der Waals surface area contributed by atoms with E-state index in [2.05, 4.69) is 0 Å². The van der Waals surface area contributed by atoms with Crippen LogP contribution in [0.1, 0.15) is 38.2 Å². The molecule has 0 aliphatic carbocycles. The first-order valence-corrected chi connectivity index (χ1v) is 10.6. The molecule has 0 aromatic heterocycles. The predicted molar refractivity (Wildman–Crippen MR) is 108 cm³/mol. The van der Waals surface area contributed by atoms with Crippen molar-refractivity contribution in [1.82, 2.24) is 9.80 Å². The highest BCUT2D eigenvalue weighted by atomic mass is 16.5. The van der Waals surface area contributed by atoms with Gasteiger partial charge < -0.3 is 24.4 Å². The molecule has 2 bridgehead atoms. The molecule has 1 unspecified atom stereocenters. The van der Waals surface area contributed by atoms with Crippen LogP contribution in [0.25, 0.3) is 0 Å². The highest BCUT2D eigenvalue weighted by Gasteiger charge is 2.59. The summed E-state index contributed by atoms with van der Waals surface area (Å²) < 4.78 is 11.2. The molecular formula is C23H26N2O5. The van der Waals surface area contributed by atoms with Crippen LogP contribution < -0.4 is 0 Å². The van der Waals surface area contributed by atoms with Gasteiger partial charge in [-0.15, -0.1) is 0 Å². The van der Waals surface area contributed by atoms with Gasteiger partial charge in [-0.3, -0.25) is 4.79 Å². The third kappa shape index (κ3) is 2.83. The van der Waals surface area contributed by atoms with Crippen molar-refractivity contribution in [3.63, 3.8) is 0 Å². The van der Waals surface area contributed by atoms with E-state index >= 15 is 0 Å². The summed E-state index contributed by atoms with van der Waals surface area (Å²) in [4.78, 5) is 29.9. The summed E-state index contributed by atoms with van der Waals surface area (Å²) in [7, 11) is 0. The Hall–Kier alpha value is -2.80. The Labute approximate surface area is 175 Å². The summed E-state index contributed by atoms with van der Waals surface area (Å²) in [5, 5.41) is 11.0. The molecule has 0 radical (unpaired) electrons. The number of fused-ring (bicyclic) bond motifs is 1. The number of carbonyl (C=O) groups is 2. The molecule has 1 atom stereocenters. The standard InChI is InChI=1S/C23H26N2O5/c1-2-29-22(28)17-12-24-14-23-10-8-16(9-11-23)25(23)21(27)18(24)20(19(17)26)30-13-15-6-4-3-5-7-15/h3-7,12,16,19,26H,2,8-11,13-14H2,1H3. The average molecular weight is 410 g/mol. The fourth-order valence-corrected chi connectivity index (χ4v) is 5.40. The van der Waals surface area contributed by atoms with Crippen molar-refractivity contribution in [1.29, 1.82) is 0 Å². The fourth-order valence-electron chi connectivity index (χ4n) is 5.40. The van der Waals surface area contributed by atoms with Gasteiger partial charge in [0, 0.05) is 18.8 Å². The lowest BCUT2D eigenvalue weighted by molar-refractivity contribution is -0.142. The summed E-state index contributed by atoms with van der Waals surface area (Å²) in [6.07, 6.45) is 4.20. The van der Waals surface area contributed by atoms with E-state index in [1.54, 1.807) is 13.1 Å². The first kappa shape index (κ1) is 19.2. The maximum absolute atomic E-state index is 13.6. The summed E-state index contributed by atoms with van der Waals surface area (Å²) in [5.41, 5.74) is 1.18. The largest absolute Gasteiger partial charge is 0.488 e. The van der Waals surface area contributed by atoms with Crippen molar-refractivity contribution < 1.29 is 24.2 Å². The molecule has 1 aromatic carbocycles. The summed E-state index contributed by atoms with van der Waals surface area (Å²) in [5.74, 6) is -0.564. The molecule has 4 aliphatic rings. The van der Waals surface area contributed by atoms with E-state index in [-0.39, 0.29) is 42.0 Å². The maximum atomic E-state index is 13.6. The Balaban J connectivity index is 1.53. The number of carbonyl (C=O) groups excluding carboxylic acids is 2. The minimum absolute atomic E-state index is 0.105. The Kier molecular flexibility index (Phi) is 4.58. The zero-order valence-electron chi connectivity index (χ0n) is 17.0. The van der Waals surface area contributed by atoms with Crippen molar-refractivity contribution in [2.45, 2.75) is 56.9 Å². The molecule has 4 heterocycles. The van der Waals surface area contributed by atoms with Gasteiger partial charge >= 0.3 is 5.97 Å². The molecule has 1 amide bonds. The number of aliphatic hydroxyl groups is 1. The van der Waals surface area contributed by atoms with E-state index in [4.69, 9.17) is 9.47 Å². The molecule has 7 nitrogen and oxygen atoms in total. The van der Waals surface area contributed by atoms with Gasteiger partial charge in [0.05, 0.1) is 17.7 Å². The molecule has 30 heavy (non-hydrogen) atoms. The first-order valence-electron chi connectivity index (χ1n) is 10.6. The molecule has 158 valence electrons. The van der Waals surface area contributed by atoms with Crippen LogP contribution in [0.2, 0.25) is 0 Å². The fraction of sp³-hybridized carbons (Fsp3) is 0.478. The SMILES string of the molecule is CCOC(=O)C1=CN2CC34CCC(CC3)N4C(=O)C2=C(OCc2ccccc2)C1O. The lowest BCUT2D eigenvalue weighted by Crippen LogP contribution is -2.59. The highest BCUT2D eigenvalue weighted by molar-refractivity contribution is 5.98. The number of rotatable bonds is 5. The molecule has 4 aliphatic heterocycles. The van der Waals surface area contributed by atoms with Crippen molar-refractivity contribution in [2.75, 3.05) is 13.2 Å². The number of nitrogens with zero attached hydrogens (tertiary/aromatic N) is 2. The lowest BCUT2D eigenvalue weighted by atomic mass is 9.85. The number of esters is 1. The van der Waals surface area contributed by atoms with Gasteiger partial charge in [0.25, 0.3) is 5.91 Å². The quantitative estimate of drug-likeness (QED) is 0.749. The van der Waals surface area contributed by atoms with Crippen LogP contribution in [0.15, 0.2) is 53.6 Å². The third-order valence-electron chi connectivity index (χ3n) is 6.75. The second-order valence-electron chi connectivity index (χ2n) is 8.45. The monoisotopic (exact) mass is 410 g/mol. The molecule has 0 saturated carbocycles. The van der Waals surface area contributed by atoms with Gasteiger partial charge in [0.1, 0.15) is 18.4 Å². The second-order valence-corrected chi connectivity index (χ2v) is 8.45. The summed E-state index contributed by atoms with van der Waals surface area (Å²) >= 11 is 0. The molecule has 1 N–H and O–H groups in total. The van der Waals surface area contributed by atoms with Crippen LogP contribution >= 0.6 is 0 Å². The van der Waals surface area contributed by atoms with Crippen LogP contribution in [0, 0.1) is 0 Å². The predicted octanol–water partition coefficient (Wildman–Crippen LogP) is 2.08. The lowest BCUT2D eigenvalue weighted by Gasteiger charge is -2.47. The second kappa shape index (κ2) is 7.16. The van der Waals surface area contributed by atoms with E-state index in [9.17, 15) is 14.7 Å². The Bertz CT molecular complexity index is 930. The average Bonchev–Trinajstić information content (AvgIpc) is 3.30. The Morgan fingerprint density at radius 3 is 2.67 bits per heavy atom. The van der Waals surface area contributed by atoms with E-state index in [1.165, 1.54) is 0 Å². The molecule has 5 rings (SSSR count). The van der Waals surface area contributed by atoms with Crippen LogP contribution in [0.5, 0.6) is 0 Å². The van der Waals surface area contributed by atoms with Crippen molar-refractivity contribution >= 4 is 11.9 Å². The zero-order valence-corrected chi connectivity index (χ0v) is 17.0. The van der Waals surface area contributed by atoms with Gasteiger partial charge in [0.2, 0.25) is 0 Å². The molecule has 1 aromatic rings. The zero-order chi connectivity index (χ0) is 20.9. The maximum Gasteiger partial charge on any atom is 0.338 e. The normalized spacial score (nSPS) is 29.5. The Morgan fingerprint density at radius 1 is 1.23 bits per heavy atom. The number of benzene rings is 1. The molecule has 0 spiro atoms. The number of aliphatic hydroxyl groups excluding tert-OH is 1. The Morgan fingerprint density at radius 2 is 1.97 bits per heavy atom. The van der Waals surface area contributed by atoms with Gasteiger partial charge in [-0.05, 0) is 38.2 Å². The number of hydrogen-bond donors (Lipinski definition) is 1. The van der Waals surface area contributed by atoms with Crippen LogP contribution in [-0.2, 0) is 25.7 Å².